The van der Waals surface area contributed by atoms with Crippen molar-refractivity contribution in [1.29, 1.82) is 0 Å². The van der Waals surface area contributed by atoms with Gasteiger partial charge in [-0.1, -0.05) is 35.9 Å². The second-order valence-corrected chi connectivity index (χ2v) is 5.16. The fraction of sp³-hybridized carbons (Fsp3) is 0.176. The molecule has 1 aliphatic rings. The van der Waals surface area contributed by atoms with Crippen LogP contribution in [0.2, 0.25) is 0 Å². The van der Waals surface area contributed by atoms with Crippen molar-refractivity contribution in [3.63, 3.8) is 0 Å². The predicted molar refractivity (Wildman–Crippen MR) is 77.9 cm³/mol. The Bertz CT molecular complexity index is 719. The monoisotopic (exact) mass is 265 g/mol. The summed E-state index contributed by atoms with van der Waals surface area (Å²) >= 11 is 0. The molecule has 1 heterocycles. The van der Waals surface area contributed by atoms with Crippen LogP contribution in [-0.4, -0.2) is 11.8 Å². The third-order valence-corrected chi connectivity index (χ3v) is 3.64. The van der Waals surface area contributed by atoms with E-state index in [2.05, 4.69) is 0 Å². The first kappa shape index (κ1) is 12.6. The number of amides is 2. The molecule has 0 N–H and O–H groups in total. The molecule has 1 aliphatic heterocycles. The van der Waals surface area contributed by atoms with Gasteiger partial charge in [-0.15, -0.1) is 0 Å². The molecular weight excluding hydrogens is 250 g/mol. The maximum atomic E-state index is 12.6. The Kier molecular flexibility index (Phi) is 2.90. The van der Waals surface area contributed by atoms with Gasteiger partial charge in [0.1, 0.15) is 0 Å². The van der Waals surface area contributed by atoms with E-state index in [9.17, 15) is 9.59 Å². The zero-order chi connectivity index (χ0) is 14.3. The molecule has 0 aliphatic carbocycles. The van der Waals surface area contributed by atoms with Gasteiger partial charge in [-0.05, 0) is 37.1 Å². The Balaban J connectivity index is 2.11. The van der Waals surface area contributed by atoms with E-state index in [0.717, 1.165) is 16.7 Å². The molecule has 0 saturated heterocycles. The maximum Gasteiger partial charge on any atom is 0.265 e. The lowest BCUT2D eigenvalue weighted by atomic mass is 9.97. The lowest BCUT2D eigenvalue weighted by Gasteiger charge is -2.28. The standard InChI is InChI=1S/C17H15NO2/c1-11-7-8-15(12(2)9-11)18-16(19)10-13-5-3-4-6-14(13)17(18)20/h3-9H,10H2,1-2H3. The van der Waals surface area contributed by atoms with Crippen LogP contribution in [0.3, 0.4) is 0 Å². The molecule has 0 unspecified atom stereocenters. The van der Waals surface area contributed by atoms with Crippen molar-refractivity contribution in [2.45, 2.75) is 20.3 Å². The number of fused-ring (bicyclic) bond motifs is 1. The van der Waals surface area contributed by atoms with Gasteiger partial charge in [0.15, 0.2) is 0 Å². The summed E-state index contributed by atoms with van der Waals surface area (Å²) in [7, 11) is 0. The Labute approximate surface area is 117 Å². The van der Waals surface area contributed by atoms with Crippen LogP contribution in [0.1, 0.15) is 27.0 Å². The zero-order valence-corrected chi connectivity index (χ0v) is 11.5. The highest BCUT2D eigenvalue weighted by Crippen LogP contribution is 2.28. The van der Waals surface area contributed by atoms with Crippen LogP contribution < -0.4 is 4.90 Å². The number of carbonyl (C=O) groups excluding carboxylic acids is 2. The zero-order valence-electron chi connectivity index (χ0n) is 11.5. The average Bonchev–Trinajstić information content (AvgIpc) is 2.41. The summed E-state index contributed by atoms with van der Waals surface area (Å²) in [4.78, 5) is 26.2. The normalized spacial score (nSPS) is 14.4. The van der Waals surface area contributed by atoms with Gasteiger partial charge in [0.25, 0.3) is 5.91 Å². The van der Waals surface area contributed by atoms with Gasteiger partial charge in [0.05, 0.1) is 12.1 Å². The first-order chi connectivity index (χ1) is 9.58. The van der Waals surface area contributed by atoms with Gasteiger partial charge < -0.3 is 0 Å². The number of carbonyl (C=O) groups is 2. The van der Waals surface area contributed by atoms with Gasteiger partial charge in [-0.2, -0.15) is 0 Å². The molecule has 0 aromatic heterocycles. The highest BCUT2D eigenvalue weighted by Gasteiger charge is 2.32. The first-order valence-corrected chi connectivity index (χ1v) is 6.60. The Morgan fingerprint density at radius 2 is 1.75 bits per heavy atom. The summed E-state index contributed by atoms with van der Waals surface area (Å²) in [5.74, 6) is -0.399. The van der Waals surface area contributed by atoms with E-state index in [1.54, 1.807) is 6.07 Å². The number of rotatable bonds is 1. The lowest BCUT2D eigenvalue weighted by molar-refractivity contribution is -0.117. The van der Waals surface area contributed by atoms with E-state index in [4.69, 9.17) is 0 Å². The summed E-state index contributed by atoms with van der Waals surface area (Å²) in [6.45, 7) is 3.91. The molecule has 2 aromatic rings. The van der Waals surface area contributed by atoms with Gasteiger partial charge in [-0.3, -0.25) is 9.59 Å². The number of nitrogens with zero attached hydrogens (tertiary/aromatic N) is 1. The molecule has 0 bridgehead atoms. The summed E-state index contributed by atoms with van der Waals surface area (Å²) in [5, 5.41) is 0. The molecule has 0 saturated carbocycles. The second-order valence-electron chi connectivity index (χ2n) is 5.16. The van der Waals surface area contributed by atoms with Gasteiger partial charge in [0.2, 0.25) is 5.91 Å². The van der Waals surface area contributed by atoms with Gasteiger partial charge in [0, 0.05) is 5.56 Å². The number of benzene rings is 2. The molecule has 0 radical (unpaired) electrons. The van der Waals surface area contributed by atoms with Crippen LogP contribution in [0, 0.1) is 13.8 Å². The first-order valence-electron chi connectivity index (χ1n) is 6.60. The minimum Gasteiger partial charge on any atom is -0.274 e. The quantitative estimate of drug-likeness (QED) is 0.743. The van der Waals surface area contributed by atoms with E-state index >= 15 is 0 Å². The van der Waals surface area contributed by atoms with Crippen molar-refractivity contribution in [3.8, 4) is 0 Å². The maximum absolute atomic E-state index is 12.6. The third-order valence-electron chi connectivity index (χ3n) is 3.64. The second kappa shape index (κ2) is 4.60. The van der Waals surface area contributed by atoms with Crippen molar-refractivity contribution in [2.24, 2.45) is 0 Å². The van der Waals surface area contributed by atoms with Crippen LogP contribution in [0.5, 0.6) is 0 Å². The molecule has 3 rings (SSSR count). The lowest BCUT2D eigenvalue weighted by Crippen LogP contribution is -2.42. The SMILES string of the molecule is Cc1ccc(N2C(=O)Cc3ccccc3C2=O)c(C)c1. The smallest absolute Gasteiger partial charge is 0.265 e. The fourth-order valence-electron chi connectivity index (χ4n) is 2.66. The minimum atomic E-state index is -0.233. The number of anilines is 1. The molecule has 0 atom stereocenters. The molecular formula is C17H15NO2. The third kappa shape index (κ3) is 1.92. The van der Waals surface area contributed by atoms with Crippen LogP contribution in [0.15, 0.2) is 42.5 Å². The average molecular weight is 265 g/mol. The Morgan fingerprint density at radius 3 is 2.50 bits per heavy atom. The largest absolute Gasteiger partial charge is 0.274 e. The molecule has 0 fully saturated rings. The summed E-state index contributed by atoms with van der Waals surface area (Å²) in [6, 6.07) is 13.0. The summed E-state index contributed by atoms with van der Waals surface area (Å²) in [6.07, 6.45) is 0.273. The van der Waals surface area contributed by atoms with Crippen LogP contribution >= 0.6 is 0 Å². The van der Waals surface area contributed by atoms with Crippen LogP contribution in [-0.2, 0) is 11.2 Å². The van der Waals surface area contributed by atoms with Gasteiger partial charge >= 0.3 is 0 Å². The number of hydrogen-bond acceptors (Lipinski definition) is 2. The van der Waals surface area contributed by atoms with Crippen molar-refractivity contribution in [3.05, 3.63) is 64.7 Å². The highest BCUT2D eigenvalue weighted by atomic mass is 16.2. The van der Waals surface area contributed by atoms with E-state index in [-0.39, 0.29) is 18.2 Å². The Morgan fingerprint density at radius 1 is 1.00 bits per heavy atom. The Hall–Kier alpha value is -2.42. The molecule has 2 amide bonds. The van der Waals surface area contributed by atoms with E-state index in [1.807, 2.05) is 50.2 Å². The summed E-state index contributed by atoms with van der Waals surface area (Å²) in [5.41, 5.74) is 4.16. The van der Waals surface area contributed by atoms with Crippen molar-refractivity contribution in [2.75, 3.05) is 4.90 Å². The summed E-state index contributed by atoms with van der Waals surface area (Å²) < 4.78 is 0. The molecule has 100 valence electrons. The topological polar surface area (TPSA) is 37.4 Å². The van der Waals surface area contributed by atoms with Crippen molar-refractivity contribution in [1.82, 2.24) is 0 Å². The molecule has 2 aromatic carbocycles. The molecule has 0 spiro atoms. The molecule has 20 heavy (non-hydrogen) atoms. The highest BCUT2D eigenvalue weighted by molar-refractivity contribution is 6.24. The van der Waals surface area contributed by atoms with E-state index in [1.165, 1.54) is 4.90 Å². The number of imide groups is 1. The van der Waals surface area contributed by atoms with Crippen molar-refractivity contribution < 1.29 is 9.59 Å². The van der Waals surface area contributed by atoms with Crippen LogP contribution in [0.4, 0.5) is 5.69 Å². The van der Waals surface area contributed by atoms with E-state index in [0.29, 0.717) is 11.3 Å². The fourth-order valence-corrected chi connectivity index (χ4v) is 2.66. The number of hydrogen-bond donors (Lipinski definition) is 0. The van der Waals surface area contributed by atoms with Gasteiger partial charge in [-0.25, -0.2) is 4.90 Å². The van der Waals surface area contributed by atoms with E-state index < -0.39 is 0 Å². The minimum absolute atomic E-state index is 0.166. The molecule has 3 heteroatoms. The van der Waals surface area contributed by atoms with Crippen molar-refractivity contribution >= 4 is 17.5 Å². The molecule has 3 nitrogen and oxygen atoms in total. The predicted octanol–water partition coefficient (Wildman–Crippen LogP) is 3.03. The van der Waals surface area contributed by atoms with Crippen LogP contribution in [0.25, 0.3) is 0 Å². The number of aryl methyl sites for hydroxylation is 2.